The first-order valence-electron chi connectivity index (χ1n) is 11.7. The molecule has 3 rings (SSSR count). The van der Waals surface area contributed by atoms with Crippen LogP contribution in [0.15, 0.2) is 12.7 Å². The molecular weight excluding hydrogens is 508 g/mol. The quantitative estimate of drug-likeness (QED) is 0.115. The van der Waals surface area contributed by atoms with Crippen molar-refractivity contribution in [3.8, 4) is 0 Å². The number of hydrogen-bond acceptors (Lipinski definition) is 16. The van der Waals surface area contributed by atoms with E-state index < -0.39 is 112 Å². The fraction of sp³-hybridized carbons (Fsp3) is 0.905. The van der Waals surface area contributed by atoms with Crippen molar-refractivity contribution >= 4 is 0 Å². The Balaban J connectivity index is 1.59. The van der Waals surface area contributed by atoms with Crippen LogP contribution in [0, 0.1) is 0 Å². The molecular formula is C21H36O16. The van der Waals surface area contributed by atoms with E-state index in [2.05, 4.69) is 6.58 Å². The van der Waals surface area contributed by atoms with Gasteiger partial charge < -0.3 is 79.5 Å². The van der Waals surface area contributed by atoms with Crippen molar-refractivity contribution in [1.29, 1.82) is 0 Å². The molecule has 0 bridgehead atoms. The molecule has 3 saturated heterocycles. The van der Waals surface area contributed by atoms with Crippen LogP contribution in [0.5, 0.6) is 0 Å². The summed E-state index contributed by atoms with van der Waals surface area (Å²) in [5.74, 6) is 0. The van der Waals surface area contributed by atoms with E-state index in [0.29, 0.717) is 0 Å². The van der Waals surface area contributed by atoms with Gasteiger partial charge in [0.1, 0.15) is 73.2 Å². The molecule has 3 heterocycles. The van der Waals surface area contributed by atoms with Crippen LogP contribution in [0.3, 0.4) is 0 Å². The molecule has 0 amide bonds. The van der Waals surface area contributed by atoms with E-state index in [0.717, 1.165) is 0 Å². The van der Waals surface area contributed by atoms with Crippen molar-refractivity contribution in [3.05, 3.63) is 12.7 Å². The number of rotatable bonds is 10. The monoisotopic (exact) mass is 544 g/mol. The third-order valence-electron chi connectivity index (χ3n) is 6.41. The smallest absolute Gasteiger partial charge is 0.187 e. The molecule has 3 aliphatic rings. The average Bonchev–Trinajstić information content (AvgIpc) is 2.89. The number of aliphatic hydroxyl groups excluding tert-OH is 10. The summed E-state index contributed by atoms with van der Waals surface area (Å²) in [6.07, 6.45) is -22.0. The standard InChI is InChI=1S/C21H36O16/c1-2-3-32-19-16(29)14(27)11(24)8(36-19)5-34-21-18(31)15(28)12(25)9(37-21)6-33-20-17(30)13(26)10(23)7(4-22)35-20/h2,7-31H,1,3-6H2/t7-,8-,9-,10+,11+,12+,13+,14+,15+,16-,17-,18-,19-,20-,21-/m1/s1. The summed E-state index contributed by atoms with van der Waals surface area (Å²) in [6, 6.07) is 0. The van der Waals surface area contributed by atoms with Gasteiger partial charge in [0.05, 0.1) is 26.4 Å². The van der Waals surface area contributed by atoms with Gasteiger partial charge in [0.15, 0.2) is 18.9 Å². The van der Waals surface area contributed by atoms with Gasteiger partial charge in [-0.3, -0.25) is 0 Å². The van der Waals surface area contributed by atoms with E-state index in [1.807, 2.05) is 0 Å². The zero-order valence-corrected chi connectivity index (χ0v) is 19.7. The average molecular weight is 545 g/mol. The van der Waals surface area contributed by atoms with Gasteiger partial charge in [-0.05, 0) is 0 Å². The maximum atomic E-state index is 10.3. The summed E-state index contributed by atoms with van der Waals surface area (Å²) in [5.41, 5.74) is 0. The first-order valence-corrected chi connectivity index (χ1v) is 11.7. The van der Waals surface area contributed by atoms with Crippen molar-refractivity contribution in [2.75, 3.05) is 26.4 Å². The van der Waals surface area contributed by atoms with Crippen LogP contribution in [-0.2, 0) is 28.4 Å². The predicted octanol–water partition coefficient (Wildman–Crippen LogP) is -6.36. The van der Waals surface area contributed by atoms with Crippen molar-refractivity contribution in [2.24, 2.45) is 0 Å². The number of hydrogen-bond donors (Lipinski definition) is 10. The molecule has 0 unspecified atom stereocenters. The summed E-state index contributed by atoms with van der Waals surface area (Å²) in [4.78, 5) is 0. The number of aliphatic hydroxyl groups is 10. The summed E-state index contributed by atoms with van der Waals surface area (Å²) < 4.78 is 32.1. The lowest BCUT2D eigenvalue weighted by atomic mass is 9.98. The second kappa shape index (κ2) is 13.4. The molecule has 0 aromatic rings. The van der Waals surface area contributed by atoms with Gasteiger partial charge in [0.2, 0.25) is 0 Å². The second-order valence-electron chi connectivity index (χ2n) is 9.02. The molecule has 37 heavy (non-hydrogen) atoms. The zero-order valence-electron chi connectivity index (χ0n) is 19.7. The van der Waals surface area contributed by atoms with E-state index >= 15 is 0 Å². The Kier molecular flexibility index (Phi) is 11.1. The van der Waals surface area contributed by atoms with Crippen molar-refractivity contribution in [1.82, 2.24) is 0 Å². The van der Waals surface area contributed by atoms with E-state index in [1.165, 1.54) is 6.08 Å². The van der Waals surface area contributed by atoms with Crippen LogP contribution in [-0.4, -0.2) is 170 Å². The van der Waals surface area contributed by atoms with Gasteiger partial charge in [0.25, 0.3) is 0 Å². The molecule has 0 radical (unpaired) electrons. The van der Waals surface area contributed by atoms with Crippen molar-refractivity contribution in [2.45, 2.75) is 92.1 Å². The SMILES string of the molecule is C=CCO[C@@H]1O[C@H](CO[C@@H]2O[C@H](CO[C@@H]3O[C@H](CO)[C@H](O)[C@H](O)[C@H]3O)[C@H](O)[C@H](O)[C@H]2O)[C@H](O)[C@H](O)[C@H]1O. The molecule has 3 aliphatic heterocycles. The third kappa shape index (κ3) is 6.82. The topological polar surface area (TPSA) is 258 Å². The van der Waals surface area contributed by atoms with Crippen LogP contribution in [0.4, 0.5) is 0 Å². The van der Waals surface area contributed by atoms with E-state index in [-0.39, 0.29) is 6.61 Å². The van der Waals surface area contributed by atoms with Crippen LogP contribution in [0.1, 0.15) is 0 Å². The van der Waals surface area contributed by atoms with Gasteiger partial charge >= 0.3 is 0 Å². The highest BCUT2D eigenvalue weighted by Crippen LogP contribution is 2.27. The molecule has 16 nitrogen and oxygen atoms in total. The van der Waals surface area contributed by atoms with Crippen molar-refractivity contribution < 1.29 is 79.5 Å². The van der Waals surface area contributed by atoms with Crippen LogP contribution >= 0.6 is 0 Å². The molecule has 16 heteroatoms. The van der Waals surface area contributed by atoms with Crippen LogP contribution in [0.2, 0.25) is 0 Å². The normalized spacial score (nSPS) is 49.1. The Morgan fingerprint density at radius 2 is 0.865 bits per heavy atom. The summed E-state index contributed by atoms with van der Waals surface area (Å²) in [6.45, 7) is 1.68. The molecule has 0 aromatic carbocycles. The van der Waals surface area contributed by atoms with Gasteiger partial charge in [0, 0.05) is 0 Å². The fourth-order valence-corrected chi connectivity index (χ4v) is 4.13. The largest absolute Gasteiger partial charge is 0.394 e. The van der Waals surface area contributed by atoms with E-state index in [9.17, 15) is 51.1 Å². The van der Waals surface area contributed by atoms with E-state index in [4.69, 9.17) is 28.4 Å². The van der Waals surface area contributed by atoms with Gasteiger partial charge in [-0.25, -0.2) is 0 Å². The fourth-order valence-electron chi connectivity index (χ4n) is 4.13. The molecule has 10 N–H and O–H groups in total. The summed E-state index contributed by atoms with van der Waals surface area (Å²) >= 11 is 0. The van der Waals surface area contributed by atoms with Gasteiger partial charge in [-0.2, -0.15) is 0 Å². The lowest BCUT2D eigenvalue weighted by Gasteiger charge is -2.43. The van der Waals surface area contributed by atoms with Gasteiger partial charge in [-0.1, -0.05) is 6.08 Å². The number of ether oxygens (including phenoxy) is 6. The summed E-state index contributed by atoms with van der Waals surface area (Å²) in [7, 11) is 0. The molecule has 0 saturated carbocycles. The van der Waals surface area contributed by atoms with Crippen molar-refractivity contribution in [3.63, 3.8) is 0 Å². The highest BCUT2D eigenvalue weighted by atomic mass is 16.7. The van der Waals surface area contributed by atoms with Crippen LogP contribution in [0.25, 0.3) is 0 Å². The lowest BCUT2D eigenvalue weighted by Crippen LogP contribution is -2.62. The second-order valence-corrected chi connectivity index (χ2v) is 9.02. The molecule has 3 fully saturated rings. The Bertz CT molecular complexity index is 712. The highest BCUT2D eigenvalue weighted by molar-refractivity contribution is 4.93. The third-order valence-corrected chi connectivity index (χ3v) is 6.41. The maximum Gasteiger partial charge on any atom is 0.187 e. The molecule has 0 aliphatic carbocycles. The summed E-state index contributed by atoms with van der Waals surface area (Å²) in [5, 5.41) is 100. The maximum absolute atomic E-state index is 10.3. The van der Waals surface area contributed by atoms with Gasteiger partial charge in [-0.15, -0.1) is 6.58 Å². The zero-order chi connectivity index (χ0) is 27.4. The van der Waals surface area contributed by atoms with Crippen LogP contribution < -0.4 is 0 Å². The Morgan fingerprint density at radius 1 is 0.514 bits per heavy atom. The first kappa shape index (κ1) is 30.6. The predicted molar refractivity (Wildman–Crippen MR) is 115 cm³/mol. The molecule has 216 valence electrons. The Hall–Kier alpha value is -0.900. The Labute approximate surface area is 211 Å². The highest BCUT2D eigenvalue weighted by Gasteiger charge is 2.49. The van der Waals surface area contributed by atoms with E-state index in [1.54, 1.807) is 0 Å². The molecule has 0 spiro atoms. The Morgan fingerprint density at radius 3 is 1.24 bits per heavy atom. The minimum absolute atomic E-state index is 0.0250. The first-order chi connectivity index (χ1) is 17.5. The molecule has 0 aromatic heterocycles. The lowest BCUT2D eigenvalue weighted by molar-refractivity contribution is -0.342. The minimum Gasteiger partial charge on any atom is -0.394 e. The minimum atomic E-state index is -1.78. The molecule has 15 atom stereocenters.